The van der Waals surface area contributed by atoms with Gasteiger partial charge in [0.2, 0.25) is 0 Å². The predicted molar refractivity (Wildman–Crippen MR) is 144 cm³/mol. The molecule has 3 aromatic rings. The molecular weight excluding hydrogens is 483 g/mol. The predicted octanol–water partition coefficient (Wildman–Crippen LogP) is 5.35. The lowest BCUT2D eigenvalue weighted by Gasteiger charge is -2.36. The van der Waals surface area contributed by atoms with E-state index >= 15 is 0 Å². The van der Waals surface area contributed by atoms with Crippen molar-refractivity contribution in [3.8, 4) is 17.0 Å². The van der Waals surface area contributed by atoms with Gasteiger partial charge in [0.15, 0.2) is 0 Å². The lowest BCUT2D eigenvalue weighted by atomic mass is 10.1. The van der Waals surface area contributed by atoms with Gasteiger partial charge in [-0.1, -0.05) is 29.3 Å². The van der Waals surface area contributed by atoms with Crippen molar-refractivity contribution in [1.29, 1.82) is 0 Å². The maximum atomic E-state index is 13.0. The second-order valence-corrected chi connectivity index (χ2v) is 9.44. The van der Waals surface area contributed by atoms with Crippen molar-refractivity contribution in [2.24, 2.45) is 0 Å². The number of ether oxygens (including phenoxy) is 1. The number of nitrogens with one attached hydrogen (secondary N) is 1. The number of amides is 1. The summed E-state index contributed by atoms with van der Waals surface area (Å²) in [6.45, 7) is 9.87. The van der Waals surface area contributed by atoms with Gasteiger partial charge < -0.3 is 19.5 Å². The maximum absolute atomic E-state index is 13.0. The minimum atomic E-state index is -0.0335. The highest BCUT2D eigenvalue weighted by molar-refractivity contribution is 6.43. The van der Waals surface area contributed by atoms with Gasteiger partial charge in [-0.3, -0.25) is 9.69 Å². The molecule has 0 spiro atoms. The van der Waals surface area contributed by atoms with Crippen LogP contribution in [0.1, 0.15) is 23.0 Å². The molecule has 0 saturated carbocycles. The Morgan fingerprint density at radius 3 is 2.43 bits per heavy atom. The summed E-state index contributed by atoms with van der Waals surface area (Å²) in [5, 5.41) is 4.30. The van der Waals surface area contributed by atoms with Crippen LogP contribution in [0.4, 0.5) is 5.69 Å². The zero-order valence-electron chi connectivity index (χ0n) is 20.5. The second-order valence-electron chi connectivity index (χ2n) is 8.66. The van der Waals surface area contributed by atoms with Gasteiger partial charge in [-0.2, -0.15) is 0 Å². The van der Waals surface area contributed by atoms with Crippen LogP contribution in [0, 0.1) is 6.92 Å². The van der Waals surface area contributed by atoms with E-state index < -0.39 is 0 Å². The number of anilines is 1. The van der Waals surface area contributed by atoms with E-state index in [1.54, 1.807) is 7.11 Å². The number of benzene rings is 2. The van der Waals surface area contributed by atoms with Crippen molar-refractivity contribution in [1.82, 2.24) is 14.8 Å². The van der Waals surface area contributed by atoms with Gasteiger partial charge in [0, 0.05) is 57.2 Å². The average Bonchev–Trinajstić information content (AvgIpc) is 3.22. The smallest absolute Gasteiger partial charge is 0.253 e. The summed E-state index contributed by atoms with van der Waals surface area (Å²) in [6, 6.07) is 15.7. The number of hydrogen-bond donors (Lipinski definition) is 1. The highest BCUT2D eigenvalue weighted by atomic mass is 35.5. The van der Waals surface area contributed by atoms with Crippen LogP contribution in [-0.4, -0.2) is 61.8 Å². The number of piperazine rings is 1. The number of aromatic nitrogens is 1. The highest BCUT2D eigenvalue weighted by Gasteiger charge is 2.21. The first-order valence-corrected chi connectivity index (χ1v) is 12.7. The molecule has 8 heteroatoms. The first-order chi connectivity index (χ1) is 16.9. The van der Waals surface area contributed by atoms with Crippen molar-refractivity contribution < 1.29 is 9.53 Å². The lowest BCUT2D eigenvalue weighted by molar-refractivity contribution is 0.0947. The van der Waals surface area contributed by atoms with Crippen LogP contribution >= 0.6 is 23.2 Å². The molecule has 6 nitrogen and oxygen atoms in total. The SMILES string of the molecule is CCn1c(-c2ccc(OC)cc2)cc(C(=O)NCCN2CCN(c3cccc(Cl)c3Cl)CC2)c1C. The van der Waals surface area contributed by atoms with Gasteiger partial charge >= 0.3 is 0 Å². The molecule has 1 amide bonds. The molecule has 2 aromatic carbocycles. The number of methoxy groups -OCH3 is 1. The normalized spacial score (nSPS) is 14.3. The lowest BCUT2D eigenvalue weighted by Crippen LogP contribution is -2.48. The Morgan fingerprint density at radius 2 is 1.77 bits per heavy atom. The van der Waals surface area contributed by atoms with E-state index in [0.29, 0.717) is 16.6 Å². The summed E-state index contributed by atoms with van der Waals surface area (Å²) in [6.07, 6.45) is 0. The summed E-state index contributed by atoms with van der Waals surface area (Å²) in [4.78, 5) is 17.7. The third kappa shape index (κ3) is 5.61. The van der Waals surface area contributed by atoms with Crippen LogP contribution in [0.3, 0.4) is 0 Å². The summed E-state index contributed by atoms with van der Waals surface area (Å²) >= 11 is 12.6. The maximum Gasteiger partial charge on any atom is 0.253 e. The van der Waals surface area contributed by atoms with E-state index in [1.807, 2.05) is 55.5 Å². The number of nitrogens with zero attached hydrogens (tertiary/aromatic N) is 3. The van der Waals surface area contributed by atoms with Gasteiger partial charge in [0.05, 0.1) is 28.4 Å². The largest absolute Gasteiger partial charge is 0.497 e. The molecule has 0 aliphatic carbocycles. The fourth-order valence-electron chi connectivity index (χ4n) is 4.66. The van der Waals surface area contributed by atoms with Gasteiger partial charge in [0.25, 0.3) is 5.91 Å². The molecular formula is C27H32Cl2N4O2. The zero-order valence-corrected chi connectivity index (χ0v) is 22.0. The molecule has 1 N–H and O–H groups in total. The summed E-state index contributed by atoms with van der Waals surface area (Å²) in [5.74, 6) is 0.781. The standard InChI is InChI=1S/C27H32Cl2N4O2/c1-4-33-19(2)22(18-25(33)20-8-10-21(35-3)11-9-20)27(34)30-12-13-31-14-16-32(17-15-31)24-7-5-6-23(28)26(24)29/h5-11,18H,4,12-17H2,1-3H3,(H,30,34). The number of carbonyl (C=O) groups is 1. The van der Waals surface area contributed by atoms with Crippen LogP contribution in [0.15, 0.2) is 48.5 Å². The van der Waals surface area contributed by atoms with Crippen LogP contribution in [0.5, 0.6) is 5.75 Å². The van der Waals surface area contributed by atoms with E-state index in [1.165, 1.54) is 0 Å². The van der Waals surface area contributed by atoms with E-state index in [0.717, 1.165) is 73.2 Å². The van der Waals surface area contributed by atoms with Crippen molar-refractivity contribution in [3.63, 3.8) is 0 Å². The van der Waals surface area contributed by atoms with Crippen molar-refractivity contribution >= 4 is 34.8 Å². The monoisotopic (exact) mass is 514 g/mol. The third-order valence-electron chi connectivity index (χ3n) is 6.67. The molecule has 1 aliphatic rings. The first-order valence-electron chi connectivity index (χ1n) is 12.0. The molecule has 35 heavy (non-hydrogen) atoms. The van der Waals surface area contributed by atoms with Crippen molar-refractivity contribution in [2.45, 2.75) is 20.4 Å². The Kier molecular flexibility index (Phi) is 8.26. The van der Waals surface area contributed by atoms with Crippen LogP contribution in [-0.2, 0) is 6.54 Å². The van der Waals surface area contributed by atoms with Gasteiger partial charge in [-0.25, -0.2) is 0 Å². The molecule has 1 fully saturated rings. The van der Waals surface area contributed by atoms with E-state index in [4.69, 9.17) is 27.9 Å². The van der Waals surface area contributed by atoms with Crippen LogP contribution in [0.25, 0.3) is 11.3 Å². The number of halogens is 2. The Balaban J connectivity index is 1.33. The quantitative estimate of drug-likeness (QED) is 0.440. The number of carbonyl (C=O) groups excluding carboxylic acids is 1. The van der Waals surface area contributed by atoms with Gasteiger partial charge in [0.1, 0.15) is 5.75 Å². The zero-order chi connectivity index (χ0) is 24.9. The Morgan fingerprint density at radius 1 is 1.06 bits per heavy atom. The second kappa shape index (κ2) is 11.4. The summed E-state index contributed by atoms with van der Waals surface area (Å²) in [5.41, 5.74) is 4.78. The molecule has 186 valence electrons. The molecule has 0 radical (unpaired) electrons. The molecule has 0 bridgehead atoms. The molecule has 0 unspecified atom stereocenters. The minimum absolute atomic E-state index is 0.0335. The van der Waals surface area contributed by atoms with Crippen LogP contribution < -0.4 is 15.0 Å². The molecule has 1 saturated heterocycles. The average molecular weight is 515 g/mol. The summed E-state index contributed by atoms with van der Waals surface area (Å²) in [7, 11) is 1.66. The molecule has 4 rings (SSSR count). The van der Waals surface area contributed by atoms with Crippen molar-refractivity contribution in [2.75, 3.05) is 51.3 Å². The minimum Gasteiger partial charge on any atom is -0.497 e. The third-order valence-corrected chi connectivity index (χ3v) is 7.48. The van der Waals surface area contributed by atoms with Gasteiger partial charge in [-0.05, 0) is 61.9 Å². The molecule has 2 heterocycles. The first kappa shape index (κ1) is 25.4. The molecule has 1 aliphatic heterocycles. The Bertz CT molecular complexity index is 1170. The number of rotatable bonds is 8. The van der Waals surface area contributed by atoms with Crippen LogP contribution in [0.2, 0.25) is 10.0 Å². The molecule has 0 atom stereocenters. The Hall–Kier alpha value is -2.67. The van der Waals surface area contributed by atoms with E-state index in [9.17, 15) is 4.79 Å². The van der Waals surface area contributed by atoms with Gasteiger partial charge in [-0.15, -0.1) is 0 Å². The molecule has 1 aromatic heterocycles. The highest BCUT2D eigenvalue weighted by Crippen LogP contribution is 2.33. The van der Waals surface area contributed by atoms with Crippen molar-refractivity contribution in [3.05, 3.63) is 69.8 Å². The van der Waals surface area contributed by atoms with E-state index in [-0.39, 0.29) is 5.91 Å². The Labute approximate surface area is 217 Å². The number of hydrogen-bond acceptors (Lipinski definition) is 4. The van der Waals surface area contributed by atoms with E-state index in [2.05, 4.69) is 26.6 Å². The summed E-state index contributed by atoms with van der Waals surface area (Å²) < 4.78 is 7.45. The fraction of sp³-hybridized carbons (Fsp3) is 0.370. The fourth-order valence-corrected chi connectivity index (χ4v) is 5.07. The topological polar surface area (TPSA) is 49.7 Å².